The van der Waals surface area contributed by atoms with Crippen molar-refractivity contribution < 1.29 is 14.3 Å². The van der Waals surface area contributed by atoms with Gasteiger partial charge < -0.3 is 15.0 Å². The molecular formula is C16H28N2O3. The lowest BCUT2D eigenvalue weighted by molar-refractivity contribution is -0.137. The van der Waals surface area contributed by atoms with Gasteiger partial charge in [0.2, 0.25) is 11.8 Å². The molecule has 0 radical (unpaired) electrons. The molecule has 21 heavy (non-hydrogen) atoms. The van der Waals surface area contributed by atoms with Crippen LogP contribution in [-0.2, 0) is 14.3 Å². The first-order valence-corrected chi connectivity index (χ1v) is 8.14. The van der Waals surface area contributed by atoms with Crippen molar-refractivity contribution in [2.75, 3.05) is 13.7 Å². The Kier molecular flexibility index (Phi) is 5.62. The lowest BCUT2D eigenvalue weighted by atomic mass is 9.91. The van der Waals surface area contributed by atoms with E-state index in [2.05, 4.69) is 19.2 Å². The summed E-state index contributed by atoms with van der Waals surface area (Å²) in [5.41, 5.74) is 0. The molecule has 0 aromatic rings. The molecule has 0 spiro atoms. The van der Waals surface area contributed by atoms with Crippen molar-refractivity contribution in [3.63, 3.8) is 0 Å². The monoisotopic (exact) mass is 296 g/mol. The summed E-state index contributed by atoms with van der Waals surface area (Å²) in [6, 6.07) is -0.138. The number of hydrogen-bond acceptors (Lipinski definition) is 3. The van der Waals surface area contributed by atoms with E-state index < -0.39 is 0 Å². The quantitative estimate of drug-likeness (QED) is 0.859. The summed E-state index contributed by atoms with van der Waals surface area (Å²) < 4.78 is 5.47. The number of amides is 2. The summed E-state index contributed by atoms with van der Waals surface area (Å²) in [4.78, 5) is 26.6. The van der Waals surface area contributed by atoms with Gasteiger partial charge in [0.25, 0.3) is 0 Å². The number of methoxy groups -OCH3 is 1. The van der Waals surface area contributed by atoms with E-state index in [1.807, 2.05) is 4.90 Å². The van der Waals surface area contributed by atoms with Crippen LogP contribution in [0.1, 0.15) is 52.4 Å². The molecule has 3 unspecified atom stereocenters. The van der Waals surface area contributed by atoms with Gasteiger partial charge in [-0.05, 0) is 38.0 Å². The summed E-state index contributed by atoms with van der Waals surface area (Å²) in [6.07, 6.45) is 5.44. The third-order valence-electron chi connectivity index (χ3n) is 4.58. The minimum atomic E-state index is -0.358. The van der Waals surface area contributed by atoms with Crippen molar-refractivity contribution >= 4 is 11.8 Å². The fourth-order valence-corrected chi connectivity index (χ4v) is 3.47. The minimum Gasteiger partial charge on any atom is -0.381 e. The fraction of sp³-hybridized carbons (Fsp3) is 0.875. The van der Waals surface area contributed by atoms with Crippen molar-refractivity contribution in [2.45, 2.75) is 70.6 Å². The van der Waals surface area contributed by atoms with E-state index in [9.17, 15) is 9.59 Å². The highest BCUT2D eigenvalue weighted by Gasteiger charge is 2.36. The molecule has 2 rings (SSSR count). The minimum absolute atomic E-state index is 0.00407. The summed E-state index contributed by atoms with van der Waals surface area (Å²) in [5, 5.41) is 2.89. The van der Waals surface area contributed by atoms with Crippen LogP contribution in [0.5, 0.6) is 0 Å². The summed E-state index contributed by atoms with van der Waals surface area (Å²) in [7, 11) is 1.74. The Morgan fingerprint density at radius 1 is 1.33 bits per heavy atom. The smallest absolute Gasteiger partial charge is 0.245 e. The van der Waals surface area contributed by atoms with Gasteiger partial charge in [0.05, 0.1) is 6.10 Å². The molecule has 0 aromatic heterocycles. The number of nitrogens with one attached hydrogen (secondary N) is 1. The van der Waals surface area contributed by atoms with Crippen LogP contribution in [0.25, 0.3) is 0 Å². The molecule has 0 bridgehead atoms. The lowest BCUT2D eigenvalue weighted by Gasteiger charge is -2.37. The second kappa shape index (κ2) is 7.25. The number of ether oxygens (including phenoxy) is 1. The van der Waals surface area contributed by atoms with E-state index in [1.165, 1.54) is 0 Å². The van der Waals surface area contributed by atoms with Gasteiger partial charge in [0.15, 0.2) is 0 Å². The highest BCUT2D eigenvalue weighted by atomic mass is 16.5. The Balaban J connectivity index is 2.09. The highest BCUT2D eigenvalue weighted by molar-refractivity contribution is 5.90. The molecule has 0 aromatic carbocycles. The van der Waals surface area contributed by atoms with Crippen molar-refractivity contribution in [3.05, 3.63) is 0 Å². The van der Waals surface area contributed by atoms with Crippen molar-refractivity contribution in [2.24, 2.45) is 5.92 Å². The molecule has 5 heteroatoms. The molecule has 1 aliphatic heterocycles. The van der Waals surface area contributed by atoms with E-state index in [0.717, 1.165) is 25.7 Å². The van der Waals surface area contributed by atoms with Crippen LogP contribution in [0.15, 0.2) is 0 Å². The van der Waals surface area contributed by atoms with Gasteiger partial charge in [-0.3, -0.25) is 9.59 Å². The molecule has 1 saturated heterocycles. The van der Waals surface area contributed by atoms with Crippen LogP contribution < -0.4 is 5.32 Å². The van der Waals surface area contributed by atoms with Gasteiger partial charge in [-0.2, -0.15) is 0 Å². The molecule has 2 fully saturated rings. The number of hydrogen-bond donors (Lipinski definition) is 1. The Hall–Kier alpha value is -1.10. The second-order valence-electron chi connectivity index (χ2n) is 6.71. The Morgan fingerprint density at radius 3 is 2.76 bits per heavy atom. The zero-order valence-corrected chi connectivity index (χ0v) is 13.4. The normalized spacial score (nSPS) is 31.2. The predicted octanol–water partition coefficient (Wildman–Crippen LogP) is 1.71. The van der Waals surface area contributed by atoms with Gasteiger partial charge in [0, 0.05) is 26.1 Å². The van der Waals surface area contributed by atoms with Crippen LogP contribution in [0.3, 0.4) is 0 Å². The number of carbonyl (C=O) groups is 2. The van der Waals surface area contributed by atoms with Crippen LogP contribution in [-0.4, -0.2) is 48.6 Å². The topological polar surface area (TPSA) is 58.6 Å². The number of nitrogens with zero attached hydrogens (tertiary/aromatic N) is 1. The molecule has 2 amide bonds. The molecule has 1 saturated carbocycles. The van der Waals surface area contributed by atoms with Crippen molar-refractivity contribution in [1.82, 2.24) is 10.2 Å². The number of rotatable bonds is 4. The molecule has 1 heterocycles. The van der Waals surface area contributed by atoms with Gasteiger partial charge in [-0.1, -0.05) is 13.8 Å². The summed E-state index contributed by atoms with van der Waals surface area (Å²) >= 11 is 0. The maximum atomic E-state index is 12.8. The van der Waals surface area contributed by atoms with Crippen LogP contribution in [0.2, 0.25) is 0 Å². The zero-order valence-electron chi connectivity index (χ0n) is 13.4. The van der Waals surface area contributed by atoms with E-state index in [4.69, 9.17) is 4.74 Å². The first kappa shape index (κ1) is 16.3. The van der Waals surface area contributed by atoms with Gasteiger partial charge in [0.1, 0.15) is 6.04 Å². The Labute approximate surface area is 127 Å². The van der Waals surface area contributed by atoms with Crippen LogP contribution in [0.4, 0.5) is 0 Å². The maximum Gasteiger partial charge on any atom is 0.245 e. The molecular weight excluding hydrogens is 268 g/mol. The van der Waals surface area contributed by atoms with Crippen molar-refractivity contribution in [1.29, 1.82) is 0 Å². The Bertz CT molecular complexity index is 384. The fourth-order valence-electron chi connectivity index (χ4n) is 3.47. The molecule has 120 valence electrons. The Morgan fingerprint density at radius 2 is 2.10 bits per heavy atom. The van der Waals surface area contributed by atoms with E-state index in [0.29, 0.717) is 25.3 Å². The first-order chi connectivity index (χ1) is 10.0. The molecule has 1 aliphatic carbocycles. The lowest BCUT2D eigenvalue weighted by Crippen LogP contribution is -2.50. The average Bonchev–Trinajstić information content (AvgIpc) is 2.58. The molecule has 3 atom stereocenters. The van der Waals surface area contributed by atoms with Gasteiger partial charge in [-0.25, -0.2) is 0 Å². The SMILES string of the molecule is COC1CCCC(N2CCC(=O)NC(CC(C)C)C2=O)C1. The second-order valence-corrected chi connectivity index (χ2v) is 6.71. The van der Waals surface area contributed by atoms with Crippen molar-refractivity contribution in [3.8, 4) is 0 Å². The van der Waals surface area contributed by atoms with E-state index in [1.54, 1.807) is 7.11 Å². The largest absolute Gasteiger partial charge is 0.381 e. The predicted molar refractivity (Wildman–Crippen MR) is 80.8 cm³/mol. The van der Waals surface area contributed by atoms with Crippen LogP contribution in [0, 0.1) is 5.92 Å². The van der Waals surface area contributed by atoms with E-state index in [-0.39, 0.29) is 30.0 Å². The third-order valence-corrected chi connectivity index (χ3v) is 4.58. The molecule has 2 aliphatic rings. The first-order valence-electron chi connectivity index (χ1n) is 8.14. The summed E-state index contributed by atoms with van der Waals surface area (Å²) in [5.74, 6) is 0.476. The highest BCUT2D eigenvalue weighted by Crippen LogP contribution is 2.27. The molecule has 5 nitrogen and oxygen atoms in total. The third kappa shape index (κ3) is 4.19. The standard InChI is InChI=1S/C16H28N2O3/c1-11(2)9-14-16(20)18(8-7-15(19)17-14)12-5-4-6-13(10-12)21-3/h11-14H,4-10H2,1-3H3,(H,17,19). The number of carbonyl (C=O) groups excluding carboxylic acids is 2. The van der Waals surface area contributed by atoms with Gasteiger partial charge in [-0.15, -0.1) is 0 Å². The summed E-state index contributed by atoms with van der Waals surface area (Å²) in [6.45, 7) is 4.70. The molecule has 1 N–H and O–H groups in total. The maximum absolute atomic E-state index is 12.8. The van der Waals surface area contributed by atoms with Crippen LogP contribution >= 0.6 is 0 Å². The van der Waals surface area contributed by atoms with Gasteiger partial charge >= 0.3 is 0 Å². The zero-order chi connectivity index (χ0) is 15.4. The van der Waals surface area contributed by atoms with E-state index >= 15 is 0 Å². The average molecular weight is 296 g/mol.